The van der Waals surface area contributed by atoms with E-state index in [1.165, 1.54) is 19.1 Å². The molecule has 172 valence electrons. The number of benzene rings is 2. The van der Waals surface area contributed by atoms with Crippen molar-refractivity contribution in [2.75, 3.05) is 0 Å². The SMILES string of the molecule is C[C@H]1O[C@@H](O[C@@H]2C(=O)c3c(O)cc(O)cc3O[C@H]2c2ccc(O)c(O)c2)[C@@H](O)[C@@H](O)[C@H]1O. The van der Waals surface area contributed by atoms with E-state index in [0.29, 0.717) is 0 Å². The summed E-state index contributed by atoms with van der Waals surface area (Å²) in [4.78, 5) is 13.3. The quantitative estimate of drug-likeness (QED) is 0.313. The molecular weight excluding hydrogens is 428 g/mol. The summed E-state index contributed by atoms with van der Waals surface area (Å²) in [6.45, 7) is 1.44. The fourth-order valence-corrected chi connectivity index (χ4v) is 3.77. The Kier molecular flexibility index (Phi) is 5.61. The third-order valence-electron chi connectivity index (χ3n) is 5.52. The Balaban J connectivity index is 1.75. The lowest BCUT2D eigenvalue weighted by Gasteiger charge is -2.42. The Morgan fingerprint density at radius 3 is 2.28 bits per heavy atom. The van der Waals surface area contributed by atoms with Crippen molar-refractivity contribution in [3.63, 3.8) is 0 Å². The van der Waals surface area contributed by atoms with Crippen molar-refractivity contribution >= 4 is 5.78 Å². The molecule has 2 heterocycles. The van der Waals surface area contributed by atoms with Gasteiger partial charge in [-0.2, -0.15) is 0 Å². The smallest absolute Gasteiger partial charge is 0.203 e. The molecular formula is C21H22O11. The number of carbonyl (C=O) groups excluding carboxylic acids is 1. The maximum absolute atomic E-state index is 13.3. The molecule has 0 unspecified atom stereocenters. The predicted octanol–water partition coefficient (Wildman–Crippen LogP) is 0.0381. The van der Waals surface area contributed by atoms with Crippen molar-refractivity contribution in [1.82, 2.24) is 0 Å². The molecule has 1 saturated heterocycles. The molecule has 2 aliphatic rings. The van der Waals surface area contributed by atoms with E-state index in [0.717, 1.165) is 18.2 Å². The zero-order valence-electron chi connectivity index (χ0n) is 16.7. The van der Waals surface area contributed by atoms with Gasteiger partial charge in [0.15, 0.2) is 30.0 Å². The first-order valence-electron chi connectivity index (χ1n) is 9.72. The van der Waals surface area contributed by atoms with Crippen LogP contribution in [0, 0.1) is 0 Å². The number of phenolic OH excluding ortho intramolecular Hbond substituents is 4. The first kappa shape index (κ1) is 22.1. The van der Waals surface area contributed by atoms with Crippen molar-refractivity contribution in [3.05, 3.63) is 41.5 Å². The van der Waals surface area contributed by atoms with E-state index in [1.807, 2.05) is 0 Å². The van der Waals surface area contributed by atoms with Gasteiger partial charge < -0.3 is 50.0 Å². The van der Waals surface area contributed by atoms with Crippen molar-refractivity contribution in [2.45, 2.75) is 49.8 Å². The Hall–Kier alpha value is -3.09. The van der Waals surface area contributed by atoms with Gasteiger partial charge in [0.25, 0.3) is 0 Å². The highest BCUT2D eigenvalue weighted by atomic mass is 16.7. The Bertz CT molecular complexity index is 1040. The second kappa shape index (κ2) is 8.11. The molecule has 11 nitrogen and oxygen atoms in total. The van der Waals surface area contributed by atoms with Crippen LogP contribution >= 0.6 is 0 Å². The van der Waals surface area contributed by atoms with Gasteiger partial charge in [0.05, 0.1) is 6.10 Å². The summed E-state index contributed by atoms with van der Waals surface area (Å²) < 4.78 is 16.9. The molecule has 7 N–H and O–H groups in total. The van der Waals surface area contributed by atoms with Gasteiger partial charge in [-0.05, 0) is 24.6 Å². The lowest BCUT2D eigenvalue weighted by atomic mass is 9.92. The Morgan fingerprint density at radius 2 is 1.59 bits per heavy atom. The number of aliphatic hydroxyl groups is 3. The number of aliphatic hydroxyl groups excluding tert-OH is 3. The largest absolute Gasteiger partial charge is 0.508 e. The molecule has 2 aromatic carbocycles. The van der Waals surface area contributed by atoms with Gasteiger partial charge in [0.1, 0.15) is 41.1 Å². The second-order valence-corrected chi connectivity index (χ2v) is 7.73. The van der Waals surface area contributed by atoms with Gasteiger partial charge in [-0.15, -0.1) is 0 Å². The van der Waals surface area contributed by atoms with Crippen LogP contribution in [0.2, 0.25) is 0 Å². The zero-order chi connectivity index (χ0) is 23.3. The molecule has 0 spiro atoms. The summed E-state index contributed by atoms with van der Waals surface area (Å²) in [6.07, 6.45) is -10.0. The maximum atomic E-state index is 13.3. The van der Waals surface area contributed by atoms with Crippen molar-refractivity contribution in [1.29, 1.82) is 0 Å². The molecule has 1 fully saturated rings. The molecule has 0 aliphatic carbocycles. The number of Topliss-reactive ketones (excluding diaryl/α,β-unsaturated/α-hetero) is 1. The van der Waals surface area contributed by atoms with Crippen LogP contribution in [-0.2, 0) is 9.47 Å². The van der Waals surface area contributed by atoms with Gasteiger partial charge in [-0.1, -0.05) is 6.07 Å². The van der Waals surface area contributed by atoms with Gasteiger partial charge in [0.2, 0.25) is 5.78 Å². The monoisotopic (exact) mass is 450 g/mol. The summed E-state index contributed by atoms with van der Waals surface area (Å²) in [5.74, 6) is -2.79. The number of carbonyl (C=O) groups is 1. The third kappa shape index (κ3) is 3.70. The number of ketones is 1. The molecule has 32 heavy (non-hydrogen) atoms. The minimum atomic E-state index is -1.71. The summed E-state index contributed by atoms with van der Waals surface area (Å²) in [5, 5.41) is 69.7. The molecule has 0 aromatic heterocycles. The average Bonchev–Trinajstić information content (AvgIpc) is 2.73. The van der Waals surface area contributed by atoms with Crippen LogP contribution in [0.1, 0.15) is 28.9 Å². The fourth-order valence-electron chi connectivity index (χ4n) is 3.77. The van der Waals surface area contributed by atoms with Crippen LogP contribution in [0.15, 0.2) is 30.3 Å². The average molecular weight is 450 g/mol. The van der Waals surface area contributed by atoms with Crippen molar-refractivity contribution in [3.8, 4) is 28.7 Å². The molecule has 7 atom stereocenters. The van der Waals surface area contributed by atoms with Crippen molar-refractivity contribution in [2.24, 2.45) is 0 Å². The summed E-state index contributed by atoms with van der Waals surface area (Å²) in [7, 11) is 0. The molecule has 2 aromatic rings. The topological polar surface area (TPSA) is 186 Å². The van der Waals surface area contributed by atoms with Crippen LogP contribution in [-0.4, -0.2) is 78.3 Å². The highest BCUT2D eigenvalue weighted by Crippen LogP contribution is 2.44. The third-order valence-corrected chi connectivity index (χ3v) is 5.52. The van der Waals surface area contributed by atoms with E-state index in [1.54, 1.807) is 0 Å². The molecule has 0 amide bonds. The second-order valence-electron chi connectivity index (χ2n) is 7.73. The molecule has 0 radical (unpaired) electrons. The van der Waals surface area contributed by atoms with Gasteiger partial charge in [0, 0.05) is 12.1 Å². The van der Waals surface area contributed by atoms with E-state index in [2.05, 4.69) is 0 Å². The van der Waals surface area contributed by atoms with Gasteiger partial charge in [-0.3, -0.25) is 4.79 Å². The van der Waals surface area contributed by atoms with E-state index in [9.17, 15) is 40.5 Å². The normalized spacial score (nSPS) is 32.2. The van der Waals surface area contributed by atoms with Crippen LogP contribution in [0.4, 0.5) is 0 Å². The van der Waals surface area contributed by atoms with Crippen LogP contribution < -0.4 is 4.74 Å². The molecule has 0 bridgehead atoms. The fraction of sp³-hybridized carbons (Fsp3) is 0.381. The molecule has 4 rings (SSSR count). The van der Waals surface area contributed by atoms with Gasteiger partial charge in [-0.25, -0.2) is 0 Å². The van der Waals surface area contributed by atoms with E-state index < -0.39 is 65.9 Å². The molecule has 0 saturated carbocycles. The molecule has 11 heteroatoms. The minimum Gasteiger partial charge on any atom is -0.508 e. The standard InChI is InChI=1S/C21H22O11/c1-7-15(26)17(28)18(29)21(30-7)32-20-16(27)14-12(25)5-9(22)6-13(14)31-19(20)8-2-3-10(23)11(24)4-8/h2-7,15,17-26,28-29H,1H3/t7-,15+,17+,18+,19+,20-,21+/m1/s1. The van der Waals surface area contributed by atoms with Crippen LogP contribution in [0.5, 0.6) is 28.7 Å². The maximum Gasteiger partial charge on any atom is 0.203 e. The number of ether oxygens (including phenoxy) is 3. The van der Waals surface area contributed by atoms with Crippen molar-refractivity contribution < 1.29 is 54.8 Å². The number of rotatable bonds is 3. The highest BCUT2D eigenvalue weighted by molar-refractivity contribution is 6.05. The summed E-state index contributed by atoms with van der Waals surface area (Å²) >= 11 is 0. The number of hydrogen-bond donors (Lipinski definition) is 7. The first-order chi connectivity index (χ1) is 15.1. The summed E-state index contributed by atoms with van der Waals surface area (Å²) in [6, 6.07) is 5.72. The van der Waals surface area contributed by atoms with E-state index >= 15 is 0 Å². The lowest BCUT2D eigenvalue weighted by Crippen LogP contribution is -2.59. The predicted molar refractivity (Wildman–Crippen MR) is 104 cm³/mol. The van der Waals surface area contributed by atoms with Crippen LogP contribution in [0.25, 0.3) is 0 Å². The zero-order valence-corrected chi connectivity index (χ0v) is 16.7. The number of hydrogen-bond acceptors (Lipinski definition) is 11. The molecule has 2 aliphatic heterocycles. The number of phenols is 4. The number of aromatic hydroxyl groups is 4. The Labute approximate surface area is 181 Å². The minimum absolute atomic E-state index is 0.154. The van der Waals surface area contributed by atoms with Gasteiger partial charge >= 0.3 is 0 Å². The number of fused-ring (bicyclic) bond motifs is 1. The highest BCUT2D eigenvalue weighted by Gasteiger charge is 2.48. The lowest BCUT2D eigenvalue weighted by molar-refractivity contribution is -0.304. The van der Waals surface area contributed by atoms with E-state index in [4.69, 9.17) is 14.2 Å². The summed E-state index contributed by atoms with van der Waals surface area (Å²) in [5.41, 5.74) is -0.1000. The van der Waals surface area contributed by atoms with Crippen LogP contribution in [0.3, 0.4) is 0 Å². The first-order valence-corrected chi connectivity index (χ1v) is 9.72. The van der Waals surface area contributed by atoms with E-state index in [-0.39, 0.29) is 22.6 Å². The Morgan fingerprint density at radius 1 is 0.875 bits per heavy atom.